The van der Waals surface area contributed by atoms with Crippen LogP contribution in [0.2, 0.25) is 0 Å². The molecule has 0 saturated carbocycles. The van der Waals surface area contributed by atoms with Gasteiger partial charge in [0.1, 0.15) is 11.4 Å². The lowest BCUT2D eigenvalue weighted by molar-refractivity contribution is 0.0695. The average Bonchev–Trinajstić information content (AvgIpc) is 2.67. The van der Waals surface area contributed by atoms with Gasteiger partial charge in [0.15, 0.2) is 17.3 Å². The van der Waals surface area contributed by atoms with Gasteiger partial charge in [0.05, 0.1) is 5.39 Å². The summed E-state index contributed by atoms with van der Waals surface area (Å²) in [6.45, 7) is 2.24. The van der Waals surface area contributed by atoms with E-state index in [-0.39, 0.29) is 28.9 Å². The van der Waals surface area contributed by atoms with Crippen LogP contribution < -0.4 is 16.1 Å². The third-order valence-corrected chi connectivity index (χ3v) is 5.04. The Bertz CT molecular complexity index is 1160. The molecule has 3 N–H and O–H groups in total. The van der Waals surface area contributed by atoms with Crippen LogP contribution in [0.5, 0.6) is 0 Å². The second-order valence-corrected chi connectivity index (χ2v) is 6.75. The molecule has 0 radical (unpaired) electrons. The largest absolute Gasteiger partial charge is 0.477 e. The number of aromatic nitrogens is 2. The highest BCUT2D eigenvalue weighted by Crippen LogP contribution is 2.29. The van der Waals surface area contributed by atoms with E-state index in [4.69, 9.17) is 5.73 Å². The van der Waals surface area contributed by atoms with Crippen molar-refractivity contribution in [2.75, 3.05) is 11.4 Å². The minimum atomic E-state index is -1.45. The summed E-state index contributed by atoms with van der Waals surface area (Å²) >= 11 is 0. The van der Waals surface area contributed by atoms with Gasteiger partial charge in [0, 0.05) is 30.5 Å². The number of nitrogens with zero attached hydrogens (tertiary/aromatic N) is 3. The van der Waals surface area contributed by atoms with Crippen LogP contribution in [-0.2, 0) is 0 Å². The zero-order chi connectivity index (χ0) is 20.2. The lowest BCUT2D eigenvalue weighted by atomic mass is 9.99. The van der Waals surface area contributed by atoms with Crippen LogP contribution in [0.15, 0.2) is 41.3 Å². The Balaban J connectivity index is 2.02. The molecule has 0 spiro atoms. The zero-order valence-electron chi connectivity index (χ0n) is 14.8. The number of carboxylic acids is 1. The average molecular weight is 386 g/mol. The predicted molar refractivity (Wildman–Crippen MR) is 99.0 cm³/mol. The molecule has 3 aromatic rings. The number of hydrogen-bond donors (Lipinski definition) is 2. The van der Waals surface area contributed by atoms with Crippen LogP contribution in [0.1, 0.15) is 17.3 Å². The topological polar surface area (TPSA) is 101 Å². The van der Waals surface area contributed by atoms with Gasteiger partial charge in [0.25, 0.3) is 0 Å². The van der Waals surface area contributed by atoms with Gasteiger partial charge in [-0.25, -0.2) is 18.6 Å². The van der Waals surface area contributed by atoms with E-state index >= 15 is 0 Å². The van der Waals surface area contributed by atoms with Crippen LogP contribution in [0, 0.1) is 11.6 Å². The molecule has 2 atom stereocenters. The van der Waals surface area contributed by atoms with Crippen molar-refractivity contribution in [3.63, 3.8) is 0 Å². The van der Waals surface area contributed by atoms with Crippen LogP contribution in [0.25, 0.3) is 16.7 Å². The summed E-state index contributed by atoms with van der Waals surface area (Å²) in [5.41, 5.74) is 4.96. The van der Waals surface area contributed by atoms with Gasteiger partial charge in [-0.3, -0.25) is 4.79 Å². The fraction of sp³-hybridized carbons (Fsp3) is 0.211. The van der Waals surface area contributed by atoms with E-state index in [1.54, 1.807) is 4.90 Å². The summed E-state index contributed by atoms with van der Waals surface area (Å²) in [7, 11) is 0. The van der Waals surface area contributed by atoms with E-state index in [0.717, 1.165) is 12.3 Å². The predicted octanol–water partition coefficient (Wildman–Crippen LogP) is 1.90. The fourth-order valence-electron chi connectivity index (χ4n) is 3.29. The van der Waals surface area contributed by atoms with E-state index in [2.05, 4.69) is 4.98 Å². The van der Waals surface area contributed by atoms with Crippen molar-refractivity contribution >= 4 is 22.8 Å². The molecular weight excluding hydrogens is 370 g/mol. The molecule has 1 aliphatic heterocycles. The zero-order valence-corrected chi connectivity index (χ0v) is 14.8. The number of anilines is 1. The first-order valence-electron chi connectivity index (χ1n) is 8.55. The molecule has 1 aromatic carbocycles. The SMILES string of the molecule is C[C@H]1[C@H](N)CN1c1nc2c(cc1F)c(=O)c(C(=O)O)cn2-c1ccc(F)cc1. The molecule has 0 bridgehead atoms. The Morgan fingerprint density at radius 2 is 1.96 bits per heavy atom. The summed E-state index contributed by atoms with van der Waals surface area (Å²) in [6, 6.07) is 5.95. The van der Waals surface area contributed by atoms with Crippen molar-refractivity contribution in [1.29, 1.82) is 0 Å². The number of hydrogen-bond acceptors (Lipinski definition) is 5. The molecule has 9 heteroatoms. The number of carboxylic acid groups (broad SMARTS) is 1. The smallest absolute Gasteiger partial charge is 0.341 e. The van der Waals surface area contributed by atoms with E-state index < -0.39 is 28.6 Å². The Morgan fingerprint density at radius 3 is 2.54 bits per heavy atom. The third-order valence-electron chi connectivity index (χ3n) is 5.04. The molecule has 144 valence electrons. The lowest BCUT2D eigenvalue weighted by Gasteiger charge is -2.45. The maximum absolute atomic E-state index is 14.7. The minimum Gasteiger partial charge on any atom is -0.477 e. The first-order chi connectivity index (χ1) is 13.3. The molecule has 4 rings (SSSR count). The fourth-order valence-corrected chi connectivity index (χ4v) is 3.29. The quantitative estimate of drug-likeness (QED) is 0.713. The number of benzene rings is 1. The first kappa shape index (κ1) is 18.1. The molecule has 1 saturated heterocycles. The molecule has 28 heavy (non-hydrogen) atoms. The van der Waals surface area contributed by atoms with E-state index in [9.17, 15) is 23.5 Å². The summed E-state index contributed by atoms with van der Waals surface area (Å²) in [4.78, 5) is 30.0. The van der Waals surface area contributed by atoms with E-state index in [1.807, 2.05) is 6.92 Å². The molecule has 7 nitrogen and oxygen atoms in total. The second kappa shape index (κ2) is 6.38. The maximum atomic E-state index is 14.7. The Hall–Kier alpha value is -3.33. The molecule has 3 heterocycles. The normalized spacial score (nSPS) is 18.9. The highest BCUT2D eigenvalue weighted by molar-refractivity contribution is 5.92. The molecular formula is C19H16F2N4O3. The Morgan fingerprint density at radius 1 is 1.29 bits per heavy atom. The van der Waals surface area contributed by atoms with Gasteiger partial charge >= 0.3 is 5.97 Å². The Kier molecular flexibility index (Phi) is 4.11. The van der Waals surface area contributed by atoms with Crippen molar-refractivity contribution in [2.45, 2.75) is 19.0 Å². The number of halogens is 2. The third kappa shape index (κ3) is 2.71. The van der Waals surface area contributed by atoms with Crippen LogP contribution in [-0.4, -0.2) is 39.3 Å². The van der Waals surface area contributed by atoms with Crippen molar-refractivity contribution in [1.82, 2.24) is 9.55 Å². The van der Waals surface area contributed by atoms with Gasteiger partial charge in [-0.05, 0) is 37.3 Å². The summed E-state index contributed by atoms with van der Waals surface area (Å²) in [5, 5.41) is 9.18. The number of aromatic carboxylic acids is 1. The van der Waals surface area contributed by atoms with E-state index in [1.165, 1.54) is 28.8 Å². The van der Waals surface area contributed by atoms with Crippen molar-refractivity contribution in [3.8, 4) is 5.69 Å². The summed E-state index contributed by atoms with van der Waals surface area (Å²) < 4.78 is 29.3. The highest BCUT2D eigenvalue weighted by atomic mass is 19.1. The maximum Gasteiger partial charge on any atom is 0.341 e. The number of carbonyl (C=O) groups is 1. The number of nitrogens with two attached hydrogens (primary N) is 1. The number of rotatable bonds is 3. The lowest BCUT2D eigenvalue weighted by Crippen LogP contribution is -2.63. The molecule has 0 aliphatic carbocycles. The van der Waals surface area contributed by atoms with Gasteiger partial charge < -0.3 is 20.3 Å². The van der Waals surface area contributed by atoms with Gasteiger partial charge in [0.2, 0.25) is 5.43 Å². The van der Waals surface area contributed by atoms with Gasteiger partial charge in [-0.1, -0.05) is 0 Å². The molecule has 0 unspecified atom stereocenters. The van der Waals surface area contributed by atoms with Crippen molar-refractivity contribution < 1.29 is 18.7 Å². The van der Waals surface area contributed by atoms with Crippen molar-refractivity contribution in [3.05, 3.63) is 63.9 Å². The Labute approximate surface area is 157 Å². The van der Waals surface area contributed by atoms with Crippen molar-refractivity contribution in [2.24, 2.45) is 5.73 Å². The summed E-state index contributed by atoms with van der Waals surface area (Å²) in [5.74, 6) is -2.64. The monoisotopic (exact) mass is 386 g/mol. The number of pyridine rings is 2. The second-order valence-electron chi connectivity index (χ2n) is 6.75. The molecule has 1 aliphatic rings. The van der Waals surface area contributed by atoms with Crippen LogP contribution in [0.4, 0.5) is 14.6 Å². The standard InChI is InChI=1S/C19H16F2N4O3/c1-9-15(22)8-24(9)18-14(21)6-12-16(26)13(19(27)28)7-25(17(12)23-18)11-4-2-10(20)3-5-11/h2-7,9,15H,8,22H2,1H3,(H,27,28)/t9-,15+/m0/s1. The first-order valence-corrected chi connectivity index (χ1v) is 8.55. The van der Waals surface area contributed by atoms with Gasteiger partial charge in [-0.2, -0.15) is 0 Å². The molecule has 1 fully saturated rings. The minimum absolute atomic E-state index is 0.0278. The van der Waals surface area contributed by atoms with Crippen LogP contribution in [0.3, 0.4) is 0 Å². The van der Waals surface area contributed by atoms with Crippen LogP contribution >= 0.6 is 0 Å². The number of fused-ring (bicyclic) bond motifs is 1. The molecule has 0 amide bonds. The molecule has 2 aromatic heterocycles. The van der Waals surface area contributed by atoms with Gasteiger partial charge in [-0.15, -0.1) is 0 Å². The summed E-state index contributed by atoms with van der Waals surface area (Å²) in [6.07, 6.45) is 1.11. The van der Waals surface area contributed by atoms with E-state index in [0.29, 0.717) is 12.2 Å². The highest BCUT2D eigenvalue weighted by Gasteiger charge is 2.35.